The molecule has 1 saturated heterocycles. The zero-order valence-electron chi connectivity index (χ0n) is 37.7. The molecule has 0 aromatic heterocycles. The van der Waals surface area contributed by atoms with Crippen LogP contribution in [0.3, 0.4) is 0 Å². The summed E-state index contributed by atoms with van der Waals surface area (Å²) >= 11 is 0. The molecule has 13 nitrogen and oxygen atoms in total. The average Bonchev–Trinajstić information content (AvgIpc) is 4.13. The number of allylic oxidation sites excluding steroid dienone is 7. The second-order valence-corrected chi connectivity index (χ2v) is 18.3. The first-order chi connectivity index (χ1) is 31.6. The molecule has 6 aliphatic carbocycles. The standard InChI is InChI=1S/C14H17F5O5.C14H15F5O4.C11H14O3.C3HF5O.Li/c1-11(21,12(15,16)13(22,23)14(17,18)19)6-24-10(20)9-5-7-2-3-8(9)4-7;1-11(6-22-13(21,12(11,15)16)14(17,18)19)23-10(20)9-5-7-2-3-8(9)4-7;1-7(12)6-14-11(13)10-5-8-2-3-9(10)4-8;4-2(5)1(9)3(6,7)8;/h2-3,7-9,21-23H,4-6H2,1H3;2-3,7-9,21H,4-6H2,1H3;2-3,8-10H,4-6H2,1H3;9H;/q;;;;+1/p-1. The fourth-order valence-electron chi connectivity index (χ4n) is 8.94. The summed E-state index contributed by atoms with van der Waals surface area (Å²) in [5, 5.41) is 45.6. The van der Waals surface area contributed by atoms with E-state index in [2.05, 4.69) is 21.6 Å². The van der Waals surface area contributed by atoms with Gasteiger partial charge in [0.25, 0.3) is 6.08 Å². The first-order valence-electron chi connectivity index (χ1n) is 21.0. The van der Waals surface area contributed by atoms with Gasteiger partial charge in [-0.1, -0.05) is 36.5 Å². The summed E-state index contributed by atoms with van der Waals surface area (Å²) in [5.41, 5.74) is -6.53. The van der Waals surface area contributed by atoms with Crippen molar-refractivity contribution in [3.05, 3.63) is 48.3 Å². The van der Waals surface area contributed by atoms with Crippen LogP contribution in [0.4, 0.5) is 65.9 Å². The Labute approximate surface area is 405 Å². The van der Waals surface area contributed by atoms with E-state index in [9.17, 15) is 100 Å². The molecule has 7 rings (SSSR count). The van der Waals surface area contributed by atoms with Crippen LogP contribution in [0.25, 0.3) is 0 Å². The van der Waals surface area contributed by atoms with E-state index >= 15 is 0 Å². The summed E-state index contributed by atoms with van der Waals surface area (Å²) in [6, 6.07) is 0. The number of carbonyl (C=O) groups is 4. The number of halogens is 15. The SMILES string of the molecule is CC(=O)COC(=O)C1CC2C=CC1C2.CC(O)(COC(=O)C1CC2C=CC1C2)C(F)(F)C(O)(O)C(F)(F)F.CC1(OC(=O)C2CC3C=CC2C3)COC(O)(C(F)(F)F)C1(F)F.[Li+].[O-]C(=C(F)F)C(F)(F)F. The van der Waals surface area contributed by atoms with Crippen molar-refractivity contribution in [2.45, 2.75) is 112 Å². The minimum atomic E-state index is -6.13. The van der Waals surface area contributed by atoms with Gasteiger partial charge in [-0.05, 0) is 94.8 Å². The van der Waals surface area contributed by atoms with Crippen LogP contribution in [0, 0.1) is 53.3 Å². The summed E-state index contributed by atoms with van der Waals surface area (Å²) in [5.74, 6) is -26.0. The van der Waals surface area contributed by atoms with Crippen LogP contribution in [0.15, 0.2) is 48.3 Å². The Morgan fingerprint density at radius 2 is 1.08 bits per heavy atom. The molecule has 4 fully saturated rings. The number of ketones is 1. The molecule has 0 amide bonds. The number of esters is 3. The van der Waals surface area contributed by atoms with E-state index in [1.54, 1.807) is 12.2 Å². The van der Waals surface area contributed by atoms with Crippen molar-refractivity contribution in [3.8, 4) is 0 Å². The van der Waals surface area contributed by atoms with Crippen molar-refractivity contribution in [2.75, 3.05) is 19.8 Å². The number of carbonyl (C=O) groups excluding carboxylic acids is 4. The molecule has 29 heteroatoms. The predicted molar refractivity (Wildman–Crippen MR) is 200 cm³/mol. The van der Waals surface area contributed by atoms with E-state index < -0.39 is 102 Å². The quantitative estimate of drug-likeness (QED) is 0.0473. The molecule has 0 spiro atoms. The molecule has 0 aromatic carbocycles. The van der Waals surface area contributed by atoms with Crippen molar-refractivity contribution in [1.82, 2.24) is 0 Å². The van der Waals surface area contributed by atoms with E-state index in [0.29, 0.717) is 44.4 Å². The van der Waals surface area contributed by atoms with E-state index in [-0.39, 0.29) is 73.7 Å². The molecule has 12 unspecified atom stereocenters. The smallest absolute Gasteiger partial charge is 0.866 e. The average molecular weight is 1050 g/mol. The van der Waals surface area contributed by atoms with Crippen LogP contribution in [0.5, 0.6) is 0 Å². The van der Waals surface area contributed by atoms with E-state index in [1.807, 2.05) is 12.2 Å². The van der Waals surface area contributed by atoms with Gasteiger partial charge in [-0.3, -0.25) is 19.2 Å². The number of Topliss-reactive ketones (excluding diaryl/α,β-unsaturated/α-hetero) is 1. The molecule has 71 heavy (non-hydrogen) atoms. The van der Waals surface area contributed by atoms with Gasteiger partial charge in [-0.15, -0.1) is 0 Å². The van der Waals surface area contributed by atoms with Crippen LogP contribution in [-0.2, 0) is 38.1 Å². The maximum atomic E-state index is 14.2. The van der Waals surface area contributed by atoms with Gasteiger partial charge < -0.3 is 44.5 Å². The molecule has 1 heterocycles. The van der Waals surface area contributed by atoms with Gasteiger partial charge in [0.05, 0.1) is 24.4 Å². The first-order valence-corrected chi connectivity index (χ1v) is 21.0. The third-order valence-electron chi connectivity index (χ3n) is 13.0. The summed E-state index contributed by atoms with van der Waals surface area (Å²) in [6.07, 6.45) is -4.59. The van der Waals surface area contributed by atoms with E-state index in [4.69, 9.17) is 19.7 Å². The van der Waals surface area contributed by atoms with Gasteiger partial charge in [0.15, 0.2) is 11.4 Å². The second kappa shape index (κ2) is 21.6. The van der Waals surface area contributed by atoms with Crippen molar-refractivity contribution in [1.29, 1.82) is 0 Å². The molecule has 0 aromatic rings. The third-order valence-corrected chi connectivity index (χ3v) is 13.0. The Hall–Kier alpha value is -3.81. The van der Waals surface area contributed by atoms with Crippen molar-refractivity contribution < 1.29 is 148 Å². The number of alkyl halides is 13. The summed E-state index contributed by atoms with van der Waals surface area (Å²) in [6.45, 7) is -0.552. The fraction of sp³-hybridized carbons (Fsp3) is 0.714. The maximum Gasteiger partial charge on any atom is 1.00 e. The summed E-state index contributed by atoms with van der Waals surface area (Å²) in [7, 11) is 0. The van der Waals surface area contributed by atoms with Crippen molar-refractivity contribution >= 4 is 23.7 Å². The summed E-state index contributed by atoms with van der Waals surface area (Å²) < 4.78 is 204. The first kappa shape index (κ1) is 61.5. The molecular weight excluding hydrogens is 1000 g/mol. The molecule has 7 aliphatic rings. The minimum absolute atomic E-state index is 0. The molecule has 398 valence electrons. The monoisotopic (exact) mass is 1050 g/mol. The molecule has 0 radical (unpaired) electrons. The Balaban J connectivity index is 0.000000264. The molecule has 4 N–H and O–H groups in total. The largest absolute Gasteiger partial charge is 1.00 e. The zero-order valence-corrected chi connectivity index (χ0v) is 37.7. The van der Waals surface area contributed by atoms with E-state index in [0.717, 1.165) is 12.8 Å². The van der Waals surface area contributed by atoms with Gasteiger partial charge in [-0.2, -0.15) is 65.9 Å². The number of ether oxygens (including phenoxy) is 4. The van der Waals surface area contributed by atoms with Crippen LogP contribution in [0.2, 0.25) is 0 Å². The Morgan fingerprint density at radius 3 is 1.37 bits per heavy atom. The number of hydrogen-bond acceptors (Lipinski definition) is 13. The Morgan fingerprint density at radius 1 is 0.690 bits per heavy atom. The minimum Gasteiger partial charge on any atom is -0.866 e. The number of hydrogen-bond donors (Lipinski definition) is 4. The van der Waals surface area contributed by atoms with Gasteiger partial charge in [0, 0.05) is 5.76 Å². The third kappa shape index (κ3) is 12.8. The second-order valence-electron chi connectivity index (χ2n) is 18.3. The molecular formula is C42H46F15LiO13. The van der Waals surface area contributed by atoms with E-state index in [1.165, 1.54) is 6.92 Å². The molecule has 3 saturated carbocycles. The molecule has 12 atom stereocenters. The van der Waals surface area contributed by atoms with Crippen molar-refractivity contribution in [2.24, 2.45) is 53.3 Å². The normalized spacial score (nSPS) is 32.5. The summed E-state index contributed by atoms with van der Waals surface area (Å²) in [4.78, 5) is 46.2. The molecule has 1 aliphatic heterocycles. The zero-order chi connectivity index (χ0) is 53.6. The van der Waals surface area contributed by atoms with Crippen molar-refractivity contribution in [3.63, 3.8) is 0 Å². The van der Waals surface area contributed by atoms with Crippen LogP contribution >= 0.6 is 0 Å². The van der Waals surface area contributed by atoms with Crippen LogP contribution < -0.4 is 24.0 Å². The predicted octanol–water partition coefficient (Wildman–Crippen LogP) is 3.14. The van der Waals surface area contributed by atoms with Gasteiger partial charge in [0.2, 0.25) is 5.60 Å². The van der Waals surface area contributed by atoms with Crippen LogP contribution in [0.1, 0.15) is 59.3 Å². The van der Waals surface area contributed by atoms with Gasteiger partial charge in [-0.25, -0.2) is 0 Å². The van der Waals surface area contributed by atoms with Crippen LogP contribution in [-0.4, -0.2) is 117 Å². The maximum absolute atomic E-state index is 14.2. The Bertz CT molecular complexity index is 2080. The number of aliphatic hydroxyl groups is 4. The molecule has 6 bridgehead atoms. The fourth-order valence-corrected chi connectivity index (χ4v) is 8.94. The van der Waals surface area contributed by atoms with Gasteiger partial charge >= 0.3 is 78.7 Å². The van der Waals surface area contributed by atoms with Gasteiger partial charge in [0.1, 0.15) is 13.2 Å². The number of fused-ring (bicyclic) bond motifs is 6. The topological polar surface area (TPSA) is 209 Å². The number of rotatable bonds is 10. The Kier molecular flexibility index (Phi) is 18.7.